The molecule has 31 heavy (non-hydrogen) atoms. The average Bonchev–Trinajstić information content (AvgIpc) is 3.15. The van der Waals surface area contributed by atoms with Gasteiger partial charge in [0.2, 0.25) is 0 Å². The maximum Gasteiger partial charge on any atom is 0.168 e. The van der Waals surface area contributed by atoms with Crippen LogP contribution in [-0.4, -0.2) is 89.4 Å². The van der Waals surface area contributed by atoms with Gasteiger partial charge in [-0.05, 0) is 17.5 Å². The Labute approximate surface area is 187 Å². The van der Waals surface area contributed by atoms with E-state index < -0.39 is 0 Å². The van der Waals surface area contributed by atoms with Gasteiger partial charge >= 0.3 is 0 Å². The van der Waals surface area contributed by atoms with Crippen molar-refractivity contribution in [3.05, 3.63) is 46.3 Å². The number of hydrogen-bond donors (Lipinski definition) is 3. The molecular formula is C23H29ClN4O3. The molecule has 0 radical (unpaired) electrons. The van der Waals surface area contributed by atoms with Gasteiger partial charge in [0, 0.05) is 75.4 Å². The Morgan fingerprint density at radius 2 is 1.90 bits per heavy atom. The Balaban J connectivity index is 1.36. The molecule has 8 heteroatoms. The number of aromatic nitrogens is 1. The number of H-pyrrole nitrogens is 1. The van der Waals surface area contributed by atoms with Crippen LogP contribution in [0.4, 0.5) is 0 Å². The Hall–Kier alpha value is -2.19. The second-order valence-electron chi connectivity index (χ2n) is 8.24. The fraction of sp³-hybridized carbons (Fsp3) is 0.478. The van der Waals surface area contributed by atoms with Crippen LogP contribution in [0, 0.1) is 0 Å². The van der Waals surface area contributed by atoms with Gasteiger partial charge in [0.1, 0.15) is 5.76 Å². The molecule has 0 saturated carbocycles. The summed E-state index contributed by atoms with van der Waals surface area (Å²) in [4.78, 5) is 24.9. The maximum atomic E-state index is 12.8. The monoisotopic (exact) mass is 444 g/mol. The molecule has 1 unspecified atom stereocenters. The first-order valence-electron chi connectivity index (χ1n) is 10.8. The number of ketones is 1. The number of aliphatic hydroxyl groups excluding tert-OH is 2. The summed E-state index contributed by atoms with van der Waals surface area (Å²) in [6, 6.07) is 5.87. The van der Waals surface area contributed by atoms with Gasteiger partial charge in [-0.2, -0.15) is 0 Å². The third-order valence-electron chi connectivity index (χ3n) is 6.26. The van der Waals surface area contributed by atoms with Crippen molar-refractivity contribution in [1.29, 1.82) is 0 Å². The molecule has 1 fully saturated rings. The lowest BCUT2D eigenvalue weighted by Gasteiger charge is -2.33. The Kier molecular flexibility index (Phi) is 7.07. The number of nitrogens with one attached hydrogen (secondary N) is 1. The minimum absolute atomic E-state index is 0.0845. The van der Waals surface area contributed by atoms with Gasteiger partial charge in [0.05, 0.1) is 23.7 Å². The van der Waals surface area contributed by atoms with Crippen LogP contribution in [0.25, 0.3) is 10.9 Å². The van der Waals surface area contributed by atoms with Crippen molar-refractivity contribution in [2.45, 2.75) is 18.8 Å². The van der Waals surface area contributed by atoms with Gasteiger partial charge in [-0.25, -0.2) is 0 Å². The maximum absolute atomic E-state index is 12.8. The van der Waals surface area contributed by atoms with Crippen molar-refractivity contribution in [3.63, 3.8) is 0 Å². The summed E-state index contributed by atoms with van der Waals surface area (Å²) in [7, 11) is 0. The van der Waals surface area contributed by atoms with Gasteiger partial charge in [-0.1, -0.05) is 23.7 Å². The van der Waals surface area contributed by atoms with Crippen molar-refractivity contribution in [1.82, 2.24) is 14.8 Å². The molecule has 4 rings (SSSR count). The van der Waals surface area contributed by atoms with Gasteiger partial charge < -0.3 is 15.2 Å². The number of carbonyl (C=O) groups excluding carboxylic acids is 1. The molecule has 0 spiro atoms. The zero-order valence-electron chi connectivity index (χ0n) is 17.6. The highest BCUT2D eigenvalue weighted by Crippen LogP contribution is 2.38. The summed E-state index contributed by atoms with van der Waals surface area (Å²) in [5.74, 6) is -0.0816. The number of hydrogen-bond acceptors (Lipinski definition) is 6. The highest BCUT2D eigenvalue weighted by Gasteiger charge is 2.29. The van der Waals surface area contributed by atoms with E-state index >= 15 is 0 Å². The van der Waals surface area contributed by atoms with E-state index in [2.05, 4.69) is 19.8 Å². The number of β-amino-alcohol motifs (C(OH)–C–C–N with tert-alkyl or cyclic N) is 1. The SMILES string of the molecule is O=C1CC(c2cccc3[nH]cc(Cl)c23)CC(O)=C1C=NCCN1CCN(CCO)CC1. The molecule has 0 bridgehead atoms. The Morgan fingerprint density at radius 1 is 1.16 bits per heavy atom. The van der Waals surface area contributed by atoms with Crippen molar-refractivity contribution in [2.75, 3.05) is 52.4 Å². The van der Waals surface area contributed by atoms with Crippen LogP contribution in [0.3, 0.4) is 0 Å². The molecule has 1 aromatic heterocycles. The van der Waals surface area contributed by atoms with E-state index in [1.165, 1.54) is 0 Å². The van der Waals surface area contributed by atoms with Gasteiger partial charge in [0.25, 0.3) is 0 Å². The summed E-state index contributed by atoms with van der Waals surface area (Å²) in [6.07, 6.45) is 4.03. The quantitative estimate of drug-likeness (QED) is 0.571. The van der Waals surface area contributed by atoms with E-state index in [0.717, 1.165) is 55.7 Å². The Bertz CT molecular complexity index is 992. The molecule has 2 aromatic rings. The summed E-state index contributed by atoms with van der Waals surface area (Å²) < 4.78 is 0. The smallest absolute Gasteiger partial charge is 0.168 e. The van der Waals surface area contributed by atoms with Crippen LogP contribution in [0.2, 0.25) is 5.02 Å². The highest BCUT2D eigenvalue weighted by molar-refractivity contribution is 6.35. The summed E-state index contributed by atoms with van der Waals surface area (Å²) >= 11 is 6.34. The van der Waals surface area contributed by atoms with E-state index in [9.17, 15) is 9.90 Å². The number of nitrogens with zero attached hydrogens (tertiary/aromatic N) is 3. The number of allylic oxidation sites excluding steroid dienone is 2. The third-order valence-corrected chi connectivity index (χ3v) is 6.56. The van der Waals surface area contributed by atoms with Crippen molar-refractivity contribution in [3.8, 4) is 0 Å². The minimum atomic E-state index is -0.100. The number of Topliss-reactive ketones (excluding diaryl/α,β-unsaturated/α-hetero) is 1. The van der Waals surface area contributed by atoms with Gasteiger partial charge in [0.15, 0.2) is 5.78 Å². The van der Waals surface area contributed by atoms with E-state index in [0.29, 0.717) is 30.0 Å². The summed E-state index contributed by atoms with van der Waals surface area (Å²) in [5.41, 5.74) is 2.25. The fourth-order valence-corrected chi connectivity index (χ4v) is 4.79. The molecule has 1 aromatic carbocycles. The minimum Gasteiger partial charge on any atom is -0.511 e. The van der Waals surface area contributed by atoms with Gasteiger partial charge in [-0.15, -0.1) is 0 Å². The molecule has 166 valence electrons. The van der Waals surface area contributed by atoms with E-state index in [1.807, 2.05) is 18.2 Å². The van der Waals surface area contributed by atoms with E-state index in [-0.39, 0.29) is 24.1 Å². The second-order valence-corrected chi connectivity index (χ2v) is 8.64. The molecule has 1 aliphatic heterocycles. The summed E-state index contributed by atoms with van der Waals surface area (Å²) in [5, 5.41) is 21.2. The largest absolute Gasteiger partial charge is 0.511 e. The van der Waals surface area contributed by atoms with Crippen LogP contribution >= 0.6 is 11.6 Å². The van der Waals surface area contributed by atoms with E-state index in [4.69, 9.17) is 16.7 Å². The van der Waals surface area contributed by atoms with E-state index in [1.54, 1.807) is 12.4 Å². The van der Waals surface area contributed by atoms with Crippen LogP contribution in [-0.2, 0) is 4.79 Å². The lowest BCUT2D eigenvalue weighted by molar-refractivity contribution is -0.116. The normalized spacial score (nSPS) is 21.6. The number of halogens is 1. The van der Waals surface area contributed by atoms with Crippen molar-refractivity contribution in [2.24, 2.45) is 4.99 Å². The number of aromatic amines is 1. The molecule has 1 atom stereocenters. The number of carbonyl (C=O) groups is 1. The third kappa shape index (κ3) is 5.01. The molecule has 3 N–H and O–H groups in total. The predicted octanol–water partition coefficient (Wildman–Crippen LogP) is 2.76. The first-order valence-corrected chi connectivity index (χ1v) is 11.2. The lowest BCUT2D eigenvalue weighted by atomic mass is 9.82. The molecule has 2 heterocycles. The molecule has 0 amide bonds. The van der Waals surface area contributed by atoms with Crippen LogP contribution in [0.15, 0.2) is 40.7 Å². The lowest BCUT2D eigenvalue weighted by Crippen LogP contribution is -2.47. The second kappa shape index (κ2) is 9.96. The summed E-state index contributed by atoms with van der Waals surface area (Å²) in [6.45, 7) is 6.16. The fourth-order valence-electron chi connectivity index (χ4n) is 4.52. The van der Waals surface area contributed by atoms with Gasteiger partial charge in [-0.3, -0.25) is 19.6 Å². The van der Waals surface area contributed by atoms with Crippen LogP contribution < -0.4 is 0 Å². The number of piperazine rings is 1. The predicted molar refractivity (Wildman–Crippen MR) is 123 cm³/mol. The number of aliphatic hydroxyl groups is 2. The number of rotatable bonds is 7. The van der Waals surface area contributed by atoms with Crippen molar-refractivity contribution >= 4 is 34.5 Å². The number of aliphatic imine (C=N–C) groups is 1. The standard InChI is InChI=1S/C23H29ClN4O3/c24-19-15-26-20-3-1-2-17(23(19)20)16-12-21(30)18(22(31)13-16)14-25-4-5-27-6-8-28(9-7-27)10-11-29/h1-3,14-16,26,29-30H,4-13H2. The topological polar surface area (TPSA) is 92.2 Å². The number of fused-ring (bicyclic) bond motifs is 1. The molecule has 7 nitrogen and oxygen atoms in total. The molecule has 1 aliphatic carbocycles. The highest BCUT2D eigenvalue weighted by atomic mass is 35.5. The molecular weight excluding hydrogens is 416 g/mol. The average molecular weight is 445 g/mol. The molecule has 2 aliphatic rings. The number of benzene rings is 1. The Morgan fingerprint density at radius 3 is 2.61 bits per heavy atom. The first kappa shape index (κ1) is 22.0. The zero-order chi connectivity index (χ0) is 21.8. The zero-order valence-corrected chi connectivity index (χ0v) is 18.3. The first-order chi connectivity index (χ1) is 15.1. The van der Waals surface area contributed by atoms with Crippen LogP contribution in [0.1, 0.15) is 24.3 Å². The van der Waals surface area contributed by atoms with Crippen LogP contribution in [0.5, 0.6) is 0 Å². The molecule has 1 saturated heterocycles. The van der Waals surface area contributed by atoms with Crippen molar-refractivity contribution < 1.29 is 15.0 Å².